The molecule has 0 fully saturated rings. The number of carbonyl (C=O) groups excluding carboxylic acids is 2. The van der Waals surface area contributed by atoms with Crippen molar-refractivity contribution in [2.75, 3.05) is 16.8 Å². The van der Waals surface area contributed by atoms with Gasteiger partial charge in [-0.15, -0.1) is 0 Å². The molecule has 2 aromatic carbocycles. The van der Waals surface area contributed by atoms with E-state index in [0.29, 0.717) is 17.3 Å². The first-order chi connectivity index (χ1) is 12.9. The Balaban J connectivity index is 1.72. The predicted molar refractivity (Wildman–Crippen MR) is 109 cm³/mol. The minimum atomic E-state index is -0.625. The van der Waals surface area contributed by atoms with E-state index in [1.807, 2.05) is 51.1 Å². The molecule has 0 radical (unpaired) electrons. The van der Waals surface area contributed by atoms with Gasteiger partial charge in [0, 0.05) is 12.2 Å². The second kappa shape index (κ2) is 8.01. The Morgan fingerprint density at radius 1 is 1.15 bits per heavy atom. The quantitative estimate of drug-likeness (QED) is 0.820. The highest BCUT2D eigenvalue weighted by Gasteiger charge is 2.32. The maximum absolute atomic E-state index is 13.1. The van der Waals surface area contributed by atoms with E-state index in [0.717, 1.165) is 23.2 Å². The summed E-state index contributed by atoms with van der Waals surface area (Å²) in [6, 6.07) is 12.2. The van der Waals surface area contributed by atoms with E-state index in [9.17, 15) is 9.59 Å². The maximum Gasteiger partial charge on any atom is 0.319 e. The molecule has 5 nitrogen and oxygen atoms in total. The summed E-state index contributed by atoms with van der Waals surface area (Å²) in [5, 5.41) is 6.01. The van der Waals surface area contributed by atoms with Crippen LogP contribution in [0.4, 0.5) is 16.2 Å². The van der Waals surface area contributed by atoms with Crippen LogP contribution in [-0.4, -0.2) is 24.5 Å². The summed E-state index contributed by atoms with van der Waals surface area (Å²) < 4.78 is 0. The van der Waals surface area contributed by atoms with Crippen LogP contribution in [0.25, 0.3) is 0 Å². The number of aryl methyl sites for hydroxylation is 1. The van der Waals surface area contributed by atoms with Crippen molar-refractivity contribution < 1.29 is 9.59 Å². The van der Waals surface area contributed by atoms with Crippen molar-refractivity contribution in [3.63, 3.8) is 0 Å². The third-order valence-electron chi connectivity index (χ3n) is 4.75. The molecule has 0 saturated carbocycles. The average Bonchev–Trinajstić information content (AvgIpc) is 3.05. The molecule has 0 aliphatic carbocycles. The zero-order valence-corrected chi connectivity index (χ0v) is 16.5. The van der Waals surface area contributed by atoms with Crippen molar-refractivity contribution in [1.29, 1.82) is 0 Å². The number of rotatable bonds is 4. The van der Waals surface area contributed by atoms with Crippen LogP contribution in [0.1, 0.15) is 25.0 Å². The molecule has 1 atom stereocenters. The summed E-state index contributed by atoms with van der Waals surface area (Å²) in [5.74, 6) is -0.149. The first-order valence-electron chi connectivity index (χ1n) is 9.09. The van der Waals surface area contributed by atoms with Crippen LogP contribution in [0, 0.1) is 12.8 Å². The summed E-state index contributed by atoms with van der Waals surface area (Å²) in [6.45, 7) is 6.40. The van der Waals surface area contributed by atoms with Crippen molar-refractivity contribution in [2.24, 2.45) is 5.92 Å². The summed E-state index contributed by atoms with van der Waals surface area (Å²) in [5.41, 5.74) is 3.61. The molecule has 6 heteroatoms. The lowest BCUT2D eigenvalue weighted by atomic mass is 10.0. The van der Waals surface area contributed by atoms with Crippen LogP contribution < -0.4 is 15.5 Å². The number of urea groups is 1. The van der Waals surface area contributed by atoms with E-state index in [4.69, 9.17) is 11.6 Å². The normalized spacial score (nSPS) is 14.0. The molecule has 1 unspecified atom stereocenters. The highest BCUT2D eigenvalue weighted by molar-refractivity contribution is 6.33. The largest absolute Gasteiger partial charge is 0.326 e. The van der Waals surface area contributed by atoms with Gasteiger partial charge in [0.25, 0.3) is 0 Å². The SMILES string of the molecule is Cc1ccc(NC(=O)NC(C(=O)N2CCc3ccccc32)C(C)C)c(Cl)c1. The zero-order chi connectivity index (χ0) is 19.6. The molecule has 1 aliphatic heterocycles. The van der Waals surface area contributed by atoms with Gasteiger partial charge in [-0.05, 0) is 48.6 Å². The molecule has 0 bridgehead atoms. The number of para-hydroxylation sites is 1. The number of anilines is 2. The van der Waals surface area contributed by atoms with Crippen LogP contribution in [-0.2, 0) is 11.2 Å². The van der Waals surface area contributed by atoms with E-state index in [2.05, 4.69) is 10.6 Å². The Kier molecular flexibility index (Phi) is 5.71. The zero-order valence-electron chi connectivity index (χ0n) is 15.8. The number of fused-ring (bicyclic) bond motifs is 1. The monoisotopic (exact) mass is 385 g/mol. The highest BCUT2D eigenvalue weighted by atomic mass is 35.5. The molecule has 0 spiro atoms. The lowest BCUT2D eigenvalue weighted by Gasteiger charge is -2.27. The average molecular weight is 386 g/mol. The van der Waals surface area contributed by atoms with Gasteiger partial charge in [-0.2, -0.15) is 0 Å². The fraction of sp³-hybridized carbons (Fsp3) is 0.333. The van der Waals surface area contributed by atoms with E-state index >= 15 is 0 Å². The van der Waals surface area contributed by atoms with Crippen molar-refractivity contribution in [3.05, 3.63) is 58.6 Å². The van der Waals surface area contributed by atoms with Gasteiger partial charge >= 0.3 is 6.03 Å². The second-order valence-electron chi connectivity index (χ2n) is 7.17. The highest BCUT2D eigenvalue weighted by Crippen LogP contribution is 2.29. The number of nitrogens with zero attached hydrogens (tertiary/aromatic N) is 1. The molecule has 27 heavy (non-hydrogen) atoms. The van der Waals surface area contributed by atoms with Gasteiger partial charge in [0.05, 0.1) is 10.7 Å². The number of halogens is 1. The van der Waals surface area contributed by atoms with Gasteiger partial charge in [0.1, 0.15) is 6.04 Å². The van der Waals surface area contributed by atoms with E-state index in [-0.39, 0.29) is 11.8 Å². The first-order valence-corrected chi connectivity index (χ1v) is 9.47. The van der Waals surface area contributed by atoms with Crippen molar-refractivity contribution in [1.82, 2.24) is 5.32 Å². The van der Waals surface area contributed by atoms with E-state index in [1.165, 1.54) is 0 Å². The van der Waals surface area contributed by atoms with Gasteiger partial charge in [-0.1, -0.05) is 49.7 Å². The Hall–Kier alpha value is -2.53. The fourth-order valence-corrected chi connectivity index (χ4v) is 3.55. The van der Waals surface area contributed by atoms with Crippen molar-refractivity contribution in [2.45, 2.75) is 33.2 Å². The molecule has 3 amide bonds. The number of hydrogen-bond acceptors (Lipinski definition) is 2. The molecule has 2 N–H and O–H groups in total. The molecule has 3 rings (SSSR count). The topological polar surface area (TPSA) is 61.4 Å². The first kappa shape index (κ1) is 19.2. The van der Waals surface area contributed by atoms with Gasteiger partial charge in [-0.25, -0.2) is 4.79 Å². The molecule has 0 saturated heterocycles. The Bertz CT molecular complexity index is 866. The third-order valence-corrected chi connectivity index (χ3v) is 5.06. The number of hydrogen-bond donors (Lipinski definition) is 2. The number of benzene rings is 2. The van der Waals surface area contributed by atoms with Crippen LogP contribution in [0.2, 0.25) is 5.02 Å². The van der Waals surface area contributed by atoms with Gasteiger partial charge in [0.15, 0.2) is 0 Å². The molecule has 2 aromatic rings. The Morgan fingerprint density at radius 3 is 2.59 bits per heavy atom. The van der Waals surface area contributed by atoms with Crippen LogP contribution >= 0.6 is 11.6 Å². The summed E-state index contributed by atoms with van der Waals surface area (Å²) in [7, 11) is 0. The predicted octanol–water partition coefficient (Wildman–Crippen LogP) is 4.38. The Labute approximate surface area is 164 Å². The van der Waals surface area contributed by atoms with Gasteiger partial charge in [-0.3, -0.25) is 4.79 Å². The smallest absolute Gasteiger partial charge is 0.319 e. The number of carbonyl (C=O) groups is 2. The van der Waals surface area contributed by atoms with Crippen molar-refractivity contribution in [3.8, 4) is 0 Å². The van der Waals surface area contributed by atoms with E-state index < -0.39 is 12.1 Å². The number of amides is 3. The maximum atomic E-state index is 13.1. The molecule has 0 aromatic heterocycles. The number of nitrogens with one attached hydrogen (secondary N) is 2. The standard InChI is InChI=1S/C21H24ClN3O2/c1-13(2)19(20(26)25-11-10-15-6-4-5-7-18(15)25)24-21(27)23-17-9-8-14(3)12-16(17)22/h4-9,12-13,19H,10-11H2,1-3H3,(H2,23,24,27). The summed E-state index contributed by atoms with van der Waals surface area (Å²) in [6.07, 6.45) is 0.831. The van der Waals surface area contributed by atoms with Gasteiger partial charge in [0.2, 0.25) is 5.91 Å². The molecular weight excluding hydrogens is 362 g/mol. The Morgan fingerprint density at radius 2 is 1.89 bits per heavy atom. The van der Waals surface area contributed by atoms with Gasteiger partial charge < -0.3 is 15.5 Å². The lowest BCUT2D eigenvalue weighted by molar-refractivity contribution is -0.121. The summed E-state index contributed by atoms with van der Waals surface area (Å²) >= 11 is 6.18. The molecule has 1 heterocycles. The fourth-order valence-electron chi connectivity index (χ4n) is 3.27. The minimum absolute atomic E-state index is 0.0514. The van der Waals surface area contributed by atoms with E-state index in [1.54, 1.807) is 17.0 Å². The van der Waals surface area contributed by atoms with Crippen LogP contribution in [0.15, 0.2) is 42.5 Å². The summed E-state index contributed by atoms with van der Waals surface area (Å²) in [4.78, 5) is 27.3. The van der Waals surface area contributed by atoms with Crippen LogP contribution in [0.5, 0.6) is 0 Å². The molecule has 142 valence electrons. The second-order valence-corrected chi connectivity index (χ2v) is 7.58. The molecular formula is C21H24ClN3O2. The lowest BCUT2D eigenvalue weighted by Crippen LogP contribution is -2.52. The minimum Gasteiger partial charge on any atom is -0.326 e. The van der Waals surface area contributed by atoms with Crippen LogP contribution in [0.3, 0.4) is 0 Å². The molecule has 1 aliphatic rings. The van der Waals surface area contributed by atoms with Crippen molar-refractivity contribution >= 4 is 34.9 Å². The third kappa shape index (κ3) is 4.25.